The fraction of sp³-hybridized carbons (Fsp3) is 0.478. The number of benzene rings is 1. The van der Waals surface area contributed by atoms with Gasteiger partial charge in [-0.05, 0) is 37.5 Å². The van der Waals surface area contributed by atoms with E-state index < -0.39 is 41.7 Å². The largest absolute Gasteiger partial charge is 0.378 e. The number of anilines is 1. The summed E-state index contributed by atoms with van der Waals surface area (Å²) in [5, 5.41) is 9.87. The number of piperidine rings is 1. The van der Waals surface area contributed by atoms with Crippen LogP contribution < -0.4 is 5.32 Å². The molecule has 0 bridgehead atoms. The van der Waals surface area contributed by atoms with Gasteiger partial charge in [-0.3, -0.25) is 10.00 Å². The number of ether oxygens (including phenoxy) is 1. The molecule has 2 aromatic rings. The van der Waals surface area contributed by atoms with Gasteiger partial charge in [-0.25, -0.2) is 26.9 Å². The van der Waals surface area contributed by atoms with Gasteiger partial charge < -0.3 is 10.1 Å². The molecule has 2 atom stereocenters. The minimum Gasteiger partial charge on any atom is -0.378 e. The molecule has 3 aliphatic rings. The molecule has 2 saturated heterocycles. The monoisotopic (exact) mass is 479 g/mol. The number of alkyl halides is 1. The van der Waals surface area contributed by atoms with Crippen LogP contribution in [0.4, 0.5) is 33.5 Å². The number of nitrogens with zero attached hydrogens (tertiary/aromatic N) is 3. The van der Waals surface area contributed by atoms with E-state index in [2.05, 4.69) is 44.2 Å². The third-order valence-electron chi connectivity index (χ3n) is 6.77. The van der Waals surface area contributed by atoms with E-state index in [1.807, 2.05) is 0 Å². The summed E-state index contributed by atoms with van der Waals surface area (Å²) in [4.78, 5) is 6.47. The Balaban J connectivity index is 1.38. The molecule has 1 aromatic heterocycles. The van der Waals surface area contributed by atoms with Crippen molar-refractivity contribution < 1.29 is 26.7 Å². The van der Waals surface area contributed by atoms with E-state index in [1.165, 1.54) is 0 Å². The summed E-state index contributed by atoms with van der Waals surface area (Å²) in [6.07, 6.45) is 2.65. The number of halogens is 5. The van der Waals surface area contributed by atoms with E-state index in [0.717, 1.165) is 39.0 Å². The highest BCUT2D eigenvalue weighted by Gasteiger charge is 2.43. The van der Waals surface area contributed by atoms with Crippen molar-refractivity contribution in [2.75, 3.05) is 31.7 Å². The predicted octanol–water partition coefficient (Wildman–Crippen LogP) is 4.05. The zero-order valence-corrected chi connectivity index (χ0v) is 18.3. The Hall–Kier alpha value is -2.97. The van der Waals surface area contributed by atoms with Gasteiger partial charge in [-0.1, -0.05) is 5.92 Å². The average molecular weight is 479 g/mol. The van der Waals surface area contributed by atoms with E-state index in [9.17, 15) is 22.0 Å². The fourth-order valence-corrected chi connectivity index (χ4v) is 4.92. The molecule has 0 amide bonds. The number of aliphatic imine (C=N–C) groups is 1. The molecule has 2 N–H and O–H groups in total. The Kier molecular flexibility index (Phi) is 5.81. The van der Waals surface area contributed by atoms with E-state index >= 15 is 0 Å². The van der Waals surface area contributed by atoms with Crippen molar-refractivity contribution >= 4 is 17.2 Å². The molecule has 5 rings (SSSR count). The summed E-state index contributed by atoms with van der Waals surface area (Å²) < 4.78 is 74.4. The molecule has 2 fully saturated rings. The number of aromatic amines is 1. The molecule has 34 heavy (non-hydrogen) atoms. The summed E-state index contributed by atoms with van der Waals surface area (Å²) in [6.45, 7) is 3.48. The number of rotatable bonds is 2. The van der Waals surface area contributed by atoms with Crippen molar-refractivity contribution in [1.29, 1.82) is 0 Å². The van der Waals surface area contributed by atoms with Gasteiger partial charge in [0.15, 0.2) is 34.8 Å². The lowest BCUT2D eigenvalue weighted by molar-refractivity contribution is 0.0654. The van der Waals surface area contributed by atoms with Crippen molar-refractivity contribution in [3.8, 4) is 11.8 Å². The zero-order valence-electron chi connectivity index (χ0n) is 18.3. The molecule has 3 aliphatic heterocycles. The van der Waals surface area contributed by atoms with Crippen molar-refractivity contribution in [2.45, 2.75) is 38.5 Å². The summed E-state index contributed by atoms with van der Waals surface area (Å²) in [5.41, 5.74) is -0.540. The molecule has 1 unspecified atom stereocenters. The highest BCUT2D eigenvalue weighted by molar-refractivity contribution is 5.98. The van der Waals surface area contributed by atoms with Crippen LogP contribution in [0.25, 0.3) is 0 Å². The Bertz CT molecular complexity index is 1180. The second kappa shape index (κ2) is 8.67. The maximum absolute atomic E-state index is 13.9. The van der Waals surface area contributed by atoms with Gasteiger partial charge in [0.25, 0.3) is 0 Å². The maximum Gasteiger partial charge on any atom is 0.177 e. The van der Waals surface area contributed by atoms with Gasteiger partial charge in [0, 0.05) is 19.2 Å². The molecule has 1 spiro atoms. The minimum atomic E-state index is -1.60. The number of hydrogen-bond acceptors (Lipinski definition) is 5. The van der Waals surface area contributed by atoms with Crippen molar-refractivity contribution in [3.05, 3.63) is 40.6 Å². The van der Waals surface area contributed by atoms with Crippen LogP contribution in [0.5, 0.6) is 0 Å². The first kappa shape index (κ1) is 22.8. The third-order valence-corrected chi connectivity index (χ3v) is 6.77. The highest BCUT2D eigenvalue weighted by Crippen LogP contribution is 2.43. The van der Waals surface area contributed by atoms with Gasteiger partial charge in [0.1, 0.15) is 24.1 Å². The summed E-state index contributed by atoms with van der Waals surface area (Å²) in [6, 6.07) is 0.108. The number of H-pyrrole nitrogens is 1. The highest BCUT2D eigenvalue weighted by atomic mass is 19.2. The smallest absolute Gasteiger partial charge is 0.177 e. The average Bonchev–Trinajstić information content (AvgIpc) is 3.40. The van der Waals surface area contributed by atoms with E-state index in [1.54, 1.807) is 0 Å². The van der Waals surface area contributed by atoms with Crippen LogP contribution in [0.15, 0.2) is 11.1 Å². The summed E-state index contributed by atoms with van der Waals surface area (Å²) >= 11 is 0. The van der Waals surface area contributed by atoms with Gasteiger partial charge in [-0.15, -0.1) is 0 Å². The van der Waals surface area contributed by atoms with Crippen LogP contribution >= 0.6 is 0 Å². The lowest BCUT2D eigenvalue weighted by Crippen LogP contribution is -2.53. The molecule has 4 heterocycles. The van der Waals surface area contributed by atoms with Crippen LogP contribution in [0.1, 0.15) is 37.4 Å². The molecular weight excluding hydrogens is 457 g/mol. The second-order valence-electron chi connectivity index (χ2n) is 9.03. The number of fused-ring (bicyclic) bond motifs is 1. The van der Waals surface area contributed by atoms with Crippen molar-refractivity contribution in [2.24, 2.45) is 10.4 Å². The van der Waals surface area contributed by atoms with E-state index in [0.29, 0.717) is 5.82 Å². The van der Waals surface area contributed by atoms with Gasteiger partial charge in [-0.2, -0.15) is 5.10 Å². The van der Waals surface area contributed by atoms with Crippen LogP contribution in [-0.4, -0.2) is 59.4 Å². The third kappa shape index (κ3) is 3.95. The van der Waals surface area contributed by atoms with Crippen LogP contribution in [0, 0.1) is 40.5 Å². The molecule has 0 aliphatic carbocycles. The molecule has 11 heteroatoms. The quantitative estimate of drug-likeness (QED) is 0.388. The molecular formula is C23H22F5N5O. The van der Waals surface area contributed by atoms with Crippen LogP contribution in [0.2, 0.25) is 0 Å². The first-order valence-electron chi connectivity index (χ1n) is 11.0. The first-order valence-corrected chi connectivity index (χ1v) is 11.0. The molecule has 0 saturated carbocycles. The lowest BCUT2D eigenvalue weighted by atomic mass is 9.76. The van der Waals surface area contributed by atoms with E-state index in [-0.39, 0.29) is 34.7 Å². The predicted molar refractivity (Wildman–Crippen MR) is 115 cm³/mol. The summed E-state index contributed by atoms with van der Waals surface area (Å²) in [7, 11) is 0. The number of nitrogens with one attached hydrogen (secondary N) is 2. The van der Waals surface area contributed by atoms with Crippen LogP contribution in [-0.2, 0) is 4.74 Å². The fourth-order valence-electron chi connectivity index (χ4n) is 4.92. The molecule has 0 radical (unpaired) electrons. The van der Waals surface area contributed by atoms with Crippen molar-refractivity contribution in [1.82, 2.24) is 15.1 Å². The standard InChI is InChI=1S/C23H22F5N5O/c1-12-9-23(11-34-12)4-6-33(7-5-23)22-17(10-24)29-20-16(31-32-21(20)30-22)3-2-13-18(27)14(25)8-15(26)19(13)28/h8,12,22H,4-7,9-11H2,1H3,(H2,30,31,32)/t12-,22?/m0/s1. The Morgan fingerprint density at radius 1 is 1.15 bits per heavy atom. The van der Waals surface area contributed by atoms with Gasteiger partial charge in [0.05, 0.1) is 18.4 Å². The Morgan fingerprint density at radius 3 is 2.47 bits per heavy atom. The number of likely N-dealkylation sites (tertiary alicyclic amines) is 1. The van der Waals surface area contributed by atoms with Crippen molar-refractivity contribution in [3.63, 3.8) is 0 Å². The Labute approximate surface area is 192 Å². The lowest BCUT2D eigenvalue weighted by Gasteiger charge is -2.43. The molecule has 180 valence electrons. The maximum atomic E-state index is 13.9. The number of hydrogen-bond donors (Lipinski definition) is 2. The SMILES string of the molecule is C[C@H]1CC2(CCN(C3Nc4[nH]nc(C#Cc5c(F)c(F)cc(F)c5F)c4N=C3CF)CC2)CO1. The zero-order chi connectivity index (χ0) is 24.0. The second-order valence-corrected chi connectivity index (χ2v) is 9.03. The molecule has 1 aromatic carbocycles. The minimum absolute atomic E-state index is 0.0370. The Morgan fingerprint density at radius 2 is 1.85 bits per heavy atom. The van der Waals surface area contributed by atoms with Gasteiger partial charge in [0.2, 0.25) is 0 Å². The normalized spacial score (nSPS) is 23.8. The summed E-state index contributed by atoms with van der Waals surface area (Å²) in [5.74, 6) is -1.50. The van der Waals surface area contributed by atoms with Crippen LogP contribution in [0.3, 0.4) is 0 Å². The van der Waals surface area contributed by atoms with Gasteiger partial charge >= 0.3 is 0 Å². The first-order chi connectivity index (χ1) is 16.3. The van der Waals surface area contributed by atoms with E-state index in [4.69, 9.17) is 4.74 Å². The molecule has 6 nitrogen and oxygen atoms in total. The number of aromatic nitrogens is 2. The topological polar surface area (TPSA) is 65.5 Å².